The molecule has 0 aliphatic carbocycles. The number of hydrogen-bond acceptors (Lipinski definition) is 3. The van der Waals surface area contributed by atoms with Gasteiger partial charge in [0, 0.05) is 5.92 Å². The van der Waals surface area contributed by atoms with Gasteiger partial charge in [0.25, 0.3) is 0 Å². The molecule has 31 heavy (non-hydrogen) atoms. The highest BCUT2D eigenvalue weighted by molar-refractivity contribution is 5.21. The minimum atomic E-state index is -0.191. The highest BCUT2D eigenvalue weighted by Crippen LogP contribution is 2.40. The van der Waals surface area contributed by atoms with Crippen LogP contribution in [0.25, 0.3) is 0 Å². The van der Waals surface area contributed by atoms with Gasteiger partial charge in [0.15, 0.2) is 0 Å². The number of benzene rings is 3. The van der Waals surface area contributed by atoms with Crippen LogP contribution in [0.3, 0.4) is 0 Å². The van der Waals surface area contributed by atoms with Gasteiger partial charge in [-0.1, -0.05) is 105 Å². The molecule has 3 aromatic rings. The van der Waals surface area contributed by atoms with E-state index in [1.165, 1.54) is 5.56 Å². The van der Waals surface area contributed by atoms with Crippen molar-refractivity contribution in [3.63, 3.8) is 0 Å². The second-order valence-electron chi connectivity index (χ2n) is 8.30. The maximum absolute atomic E-state index is 6.61. The quantitative estimate of drug-likeness (QED) is 0.429. The zero-order valence-electron chi connectivity index (χ0n) is 18.4. The topological polar surface area (TPSA) is 27.7 Å². The van der Waals surface area contributed by atoms with E-state index >= 15 is 0 Å². The van der Waals surface area contributed by atoms with Crippen LogP contribution in [0.5, 0.6) is 0 Å². The first-order valence-electron chi connectivity index (χ1n) is 11.3. The van der Waals surface area contributed by atoms with Crippen molar-refractivity contribution in [1.82, 2.24) is 0 Å². The second kappa shape index (κ2) is 10.7. The van der Waals surface area contributed by atoms with E-state index in [4.69, 9.17) is 14.2 Å². The summed E-state index contributed by atoms with van der Waals surface area (Å²) in [6.45, 7) is 5.51. The summed E-state index contributed by atoms with van der Waals surface area (Å²) in [6, 6.07) is 31.1. The third kappa shape index (κ3) is 5.43. The summed E-state index contributed by atoms with van der Waals surface area (Å²) in [7, 11) is 0. The van der Waals surface area contributed by atoms with Crippen molar-refractivity contribution in [2.45, 2.75) is 57.9 Å². The van der Waals surface area contributed by atoms with Crippen molar-refractivity contribution in [3.8, 4) is 0 Å². The van der Waals surface area contributed by atoms with E-state index in [9.17, 15) is 0 Å². The van der Waals surface area contributed by atoms with Gasteiger partial charge in [0.05, 0.1) is 25.4 Å². The Kier molecular flexibility index (Phi) is 7.52. The van der Waals surface area contributed by atoms with Crippen molar-refractivity contribution in [2.24, 2.45) is 5.92 Å². The van der Waals surface area contributed by atoms with Crippen molar-refractivity contribution in [2.75, 3.05) is 0 Å². The lowest BCUT2D eigenvalue weighted by Crippen LogP contribution is -2.51. The number of hydrogen-bond donors (Lipinski definition) is 0. The third-order valence-corrected chi connectivity index (χ3v) is 6.15. The van der Waals surface area contributed by atoms with Gasteiger partial charge in [-0.05, 0) is 23.1 Å². The second-order valence-corrected chi connectivity index (χ2v) is 8.30. The highest BCUT2D eigenvalue weighted by Gasteiger charge is 2.45. The molecule has 5 atom stereocenters. The molecule has 1 fully saturated rings. The van der Waals surface area contributed by atoms with Gasteiger partial charge in [-0.25, -0.2) is 0 Å². The summed E-state index contributed by atoms with van der Waals surface area (Å²) in [5.74, 6) is 0.231. The summed E-state index contributed by atoms with van der Waals surface area (Å²) in [5.41, 5.74) is 3.47. The molecule has 1 aliphatic heterocycles. The van der Waals surface area contributed by atoms with Crippen LogP contribution in [0.1, 0.15) is 43.1 Å². The molecular formula is C28H32O3. The maximum atomic E-state index is 6.61. The average molecular weight is 417 g/mol. The van der Waals surface area contributed by atoms with Gasteiger partial charge in [-0.3, -0.25) is 0 Å². The van der Waals surface area contributed by atoms with Crippen molar-refractivity contribution in [3.05, 3.63) is 108 Å². The molecule has 1 heterocycles. The largest absolute Gasteiger partial charge is 0.370 e. The van der Waals surface area contributed by atoms with Crippen LogP contribution < -0.4 is 0 Å². The zero-order valence-corrected chi connectivity index (χ0v) is 18.4. The summed E-state index contributed by atoms with van der Waals surface area (Å²) >= 11 is 0. The van der Waals surface area contributed by atoms with Crippen molar-refractivity contribution in [1.29, 1.82) is 0 Å². The molecule has 4 rings (SSSR count). The van der Waals surface area contributed by atoms with Crippen LogP contribution in [-0.2, 0) is 27.4 Å². The van der Waals surface area contributed by atoms with Crippen LogP contribution in [0.15, 0.2) is 91.0 Å². The molecule has 0 spiro atoms. The van der Waals surface area contributed by atoms with Gasteiger partial charge < -0.3 is 14.2 Å². The SMILES string of the molecule is CC[C@H]1O[C@@H](c2ccccc2)[C@H](OCc2ccccc2)[C@@H](OCc2ccccc2)[C@@H]1C. The van der Waals surface area contributed by atoms with Crippen molar-refractivity contribution < 1.29 is 14.2 Å². The minimum Gasteiger partial charge on any atom is -0.370 e. The molecule has 0 bridgehead atoms. The Morgan fingerprint density at radius 3 is 1.68 bits per heavy atom. The molecule has 0 saturated carbocycles. The lowest BCUT2D eigenvalue weighted by Gasteiger charge is -2.45. The van der Waals surface area contributed by atoms with E-state index in [0.29, 0.717) is 13.2 Å². The Morgan fingerprint density at radius 1 is 0.677 bits per heavy atom. The number of ether oxygens (including phenoxy) is 3. The fourth-order valence-corrected chi connectivity index (χ4v) is 4.41. The van der Waals surface area contributed by atoms with E-state index in [-0.39, 0.29) is 30.3 Å². The lowest BCUT2D eigenvalue weighted by molar-refractivity contribution is -0.234. The Morgan fingerprint density at radius 2 is 1.16 bits per heavy atom. The first-order valence-corrected chi connectivity index (χ1v) is 11.3. The van der Waals surface area contributed by atoms with Crippen LogP contribution in [0.4, 0.5) is 0 Å². The van der Waals surface area contributed by atoms with Crippen LogP contribution >= 0.6 is 0 Å². The predicted molar refractivity (Wildman–Crippen MR) is 124 cm³/mol. The monoisotopic (exact) mass is 416 g/mol. The summed E-state index contributed by atoms with van der Waals surface area (Å²) < 4.78 is 19.7. The van der Waals surface area contributed by atoms with Crippen molar-refractivity contribution >= 4 is 0 Å². The Balaban J connectivity index is 1.60. The molecular weight excluding hydrogens is 384 g/mol. The summed E-state index contributed by atoms with van der Waals surface area (Å²) in [4.78, 5) is 0. The van der Waals surface area contributed by atoms with E-state index in [0.717, 1.165) is 17.5 Å². The van der Waals surface area contributed by atoms with E-state index in [1.54, 1.807) is 0 Å². The Bertz CT molecular complexity index is 897. The fraction of sp³-hybridized carbons (Fsp3) is 0.357. The summed E-state index contributed by atoms with van der Waals surface area (Å²) in [5, 5.41) is 0. The van der Waals surface area contributed by atoms with E-state index < -0.39 is 0 Å². The molecule has 3 aromatic carbocycles. The van der Waals surface area contributed by atoms with Gasteiger partial charge in [-0.15, -0.1) is 0 Å². The summed E-state index contributed by atoms with van der Waals surface area (Å²) in [6.07, 6.45) is 0.660. The van der Waals surface area contributed by atoms with Crippen LogP contribution in [0.2, 0.25) is 0 Å². The average Bonchev–Trinajstić information content (AvgIpc) is 2.84. The van der Waals surface area contributed by atoms with Gasteiger partial charge in [0.1, 0.15) is 12.2 Å². The molecule has 1 aliphatic rings. The standard InChI is InChI=1S/C28H32O3/c1-3-25-21(2)26(29-19-22-13-7-4-8-14-22)28(30-20-23-15-9-5-10-16-23)27(31-25)24-17-11-6-12-18-24/h4-18,21,25-28H,3,19-20H2,1-2H3/t21-,25-,26+,27+,28-/m1/s1. The molecule has 3 heteroatoms. The molecule has 0 amide bonds. The van der Waals surface area contributed by atoms with Crippen LogP contribution in [-0.4, -0.2) is 18.3 Å². The third-order valence-electron chi connectivity index (χ3n) is 6.15. The first-order chi connectivity index (χ1) is 15.3. The molecule has 3 nitrogen and oxygen atoms in total. The minimum absolute atomic E-state index is 0.0622. The number of rotatable bonds is 8. The van der Waals surface area contributed by atoms with Crippen LogP contribution in [0, 0.1) is 5.92 Å². The molecule has 162 valence electrons. The highest BCUT2D eigenvalue weighted by atomic mass is 16.6. The predicted octanol–water partition coefficient (Wildman–Crippen LogP) is 6.34. The zero-order chi connectivity index (χ0) is 21.5. The molecule has 0 radical (unpaired) electrons. The lowest BCUT2D eigenvalue weighted by atomic mass is 9.84. The normalized spacial score (nSPS) is 25.9. The Labute approximate surface area is 186 Å². The molecule has 1 saturated heterocycles. The molecule has 0 unspecified atom stereocenters. The molecule has 0 N–H and O–H groups in total. The smallest absolute Gasteiger partial charge is 0.115 e. The van der Waals surface area contributed by atoms with Gasteiger partial charge in [0.2, 0.25) is 0 Å². The Hall–Kier alpha value is -2.46. The van der Waals surface area contributed by atoms with Gasteiger partial charge >= 0.3 is 0 Å². The molecule has 0 aromatic heterocycles. The van der Waals surface area contributed by atoms with E-state index in [2.05, 4.69) is 74.5 Å². The van der Waals surface area contributed by atoms with E-state index in [1.807, 2.05) is 30.3 Å². The fourth-order valence-electron chi connectivity index (χ4n) is 4.41. The maximum Gasteiger partial charge on any atom is 0.115 e. The first kappa shape index (κ1) is 21.8. The van der Waals surface area contributed by atoms with Gasteiger partial charge in [-0.2, -0.15) is 0 Å².